The summed E-state index contributed by atoms with van der Waals surface area (Å²) >= 11 is 0. The standard InChI is InChI=1S/C12H18N6O2/c1-9(2)18-11(3-5-13-18)14-12(20)8-17-7-10(4-6-19)15-16-17/h3,5,7,9,19H,4,6,8H2,1-2H3,(H,14,20). The van der Waals surface area contributed by atoms with Crippen LogP contribution in [0.15, 0.2) is 18.5 Å². The summed E-state index contributed by atoms with van der Waals surface area (Å²) in [7, 11) is 0. The molecular weight excluding hydrogens is 260 g/mol. The highest BCUT2D eigenvalue weighted by molar-refractivity contribution is 5.89. The molecule has 2 rings (SSSR count). The van der Waals surface area contributed by atoms with Gasteiger partial charge in [0.2, 0.25) is 5.91 Å². The molecule has 1 amide bonds. The first kappa shape index (κ1) is 14.2. The van der Waals surface area contributed by atoms with Crippen molar-refractivity contribution >= 4 is 11.7 Å². The van der Waals surface area contributed by atoms with Crippen LogP contribution < -0.4 is 5.32 Å². The normalized spacial score (nSPS) is 11.0. The summed E-state index contributed by atoms with van der Waals surface area (Å²) in [5, 5.41) is 23.4. The van der Waals surface area contributed by atoms with Crippen molar-refractivity contribution in [3.8, 4) is 0 Å². The van der Waals surface area contributed by atoms with Crippen LogP contribution in [0.2, 0.25) is 0 Å². The second-order valence-corrected chi connectivity index (χ2v) is 4.68. The van der Waals surface area contributed by atoms with E-state index in [9.17, 15) is 4.79 Å². The van der Waals surface area contributed by atoms with E-state index >= 15 is 0 Å². The highest BCUT2D eigenvalue weighted by Crippen LogP contribution is 2.12. The van der Waals surface area contributed by atoms with Crippen molar-refractivity contribution in [2.75, 3.05) is 11.9 Å². The van der Waals surface area contributed by atoms with Crippen molar-refractivity contribution in [1.82, 2.24) is 24.8 Å². The first-order valence-electron chi connectivity index (χ1n) is 6.43. The van der Waals surface area contributed by atoms with Crippen LogP contribution in [-0.4, -0.2) is 42.4 Å². The van der Waals surface area contributed by atoms with Crippen molar-refractivity contribution < 1.29 is 9.90 Å². The second kappa shape index (κ2) is 6.29. The lowest BCUT2D eigenvalue weighted by Gasteiger charge is -2.11. The molecule has 0 aliphatic carbocycles. The number of amides is 1. The lowest BCUT2D eigenvalue weighted by atomic mass is 10.3. The molecule has 0 aliphatic heterocycles. The van der Waals surface area contributed by atoms with E-state index in [1.54, 1.807) is 23.1 Å². The molecule has 0 radical (unpaired) electrons. The fourth-order valence-electron chi connectivity index (χ4n) is 1.80. The van der Waals surface area contributed by atoms with E-state index in [4.69, 9.17) is 5.11 Å². The third-order valence-electron chi connectivity index (χ3n) is 2.69. The average Bonchev–Trinajstić information content (AvgIpc) is 2.99. The molecule has 0 saturated carbocycles. The molecule has 0 aromatic carbocycles. The number of rotatable bonds is 6. The number of aromatic nitrogens is 5. The zero-order valence-electron chi connectivity index (χ0n) is 11.5. The van der Waals surface area contributed by atoms with E-state index in [0.29, 0.717) is 17.9 Å². The zero-order chi connectivity index (χ0) is 14.5. The van der Waals surface area contributed by atoms with Gasteiger partial charge in [0.25, 0.3) is 0 Å². The summed E-state index contributed by atoms with van der Waals surface area (Å²) in [6.07, 6.45) is 3.72. The molecule has 0 unspecified atom stereocenters. The van der Waals surface area contributed by atoms with Crippen molar-refractivity contribution in [1.29, 1.82) is 0 Å². The maximum absolute atomic E-state index is 11.9. The molecular formula is C12H18N6O2. The molecule has 8 heteroatoms. The van der Waals surface area contributed by atoms with Crippen LogP contribution in [-0.2, 0) is 17.8 Å². The molecule has 2 heterocycles. The first-order valence-corrected chi connectivity index (χ1v) is 6.43. The minimum atomic E-state index is -0.201. The molecule has 2 aromatic rings. The smallest absolute Gasteiger partial charge is 0.247 e. The number of nitrogens with one attached hydrogen (secondary N) is 1. The average molecular weight is 278 g/mol. The highest BCUT2D eigenvalue weighted by atomic mass is 16.3. The van der Waals surface area contributed by atoms with E-state index in [-0.39, 0.29) is 25.1 Å². The number of nitrogens with zero attached hydrogens (tertiary/aromatic N) is 5. The fourth-order valence-corrected chi connectivity index (χ4v) is 1.80. The SMILES string of the molecule is CC(C)n1nccc1NC(=O)Cn1cc(CCO)nn1. The maximum atomic E-state index is 11.9. The van der Waals surface area contributed by atoms with Crippen molar-refractivity contribution in [2.45, 2.75) is 32.9 Å². The first-order chi connectivity index (χ1) is 9.60. The molecule has 0 fully saturated rings. The Bertz CT molecular complexity index is 574. The van der Waals surface area contributed by atoms with E-state index in [2.05, 4.69) is 20.7 Å². The van der Waals surface area contributed by atoms with E-state index < -0.39 is 0 Å². The van der Waals surface area contributed by atoms with Crippen LogP contribution in [0.5, 0.6) is 0 Å². The quantitative estimate of drug-likeness (QED) is 0.788. The molecule has 0 bridgehead atoms. The molecule has 0 aliphatic rings. The van der Waals surface area contributed by atoms with Crippen LogP contribution in [0.4, 0.5) is 5.82 Å². The minimum absolute atomic E-state index is 0.0124. The number of aliphatic hydroxyl groups excluding tert-OH is 1. The predicted octanol–water partition coefficient (Wildman–Crippen LogP) is 0.229. The molecule has 0 saturated heterocycles. The van der Waals surface area contributed by atoms with E-state index in [1.165, 1.54) is 4.68 Å². The van der Waals surface area contributed by atoms with Crippen molar-refractivity contribution in [3.05, 3.63) is 24.2 Å². The summed E-state index contributed by atoms with van der Waals surface area (Å²) in [5.74, 6) is 0.452. The number of hydrogen-bond donors (Lipinski definition) is 2. The van der Waals surface area contributed by atoms with Gasteiger partial charge in [0.15, 0.2) is 0 Å². The van der Waals surface area contributed by atoms with E-state index in [0.717, 1.165) is 0 Å². The number of hydrogen-bond acceptors (Lipinski definition) is 5. The Hall–Kier alpha value is -2.22. The maximum Gasteiger partial charge on any atom is 0.247 e. The van der Waals surface area contributed by atoms with Gasteiger partial charge in [-0.2, -0.15) is 5.10 Å². The Kier molecular flexibility index (Phi) is 4.46. The molecule has 20 heavy (non-hydrogen) atoms. The van der Waals surface area contributed by atoms with Gasteiger partial charge in [0.05, 0.1) is 11.9 Å². The van der Waals surface area contributed by atoms with Gasteiger partial charge in [-0.3, -0.25) is 4.79 Å². The predicted molar refractivity (Wildman–Crippen MR) is 72.1 cm³/mol. The number of carbonyl (C=O) groups excluding carboxylic acids is 1. The Morgan fingerprint density at radius 1 is 1.50 bits per heavy atom. The van der Waals surface area contributed by atoms with Crippen LogP contribution >= 0.6 is 0 Å². The van der Waals surface area contributed by atoms with Gasteiger partial charge in [-0.05, 0) is 13.8 Å². The highest BCUT2D eigenvalue weighted by Gasteiger charge is 2.11. The fraction of sp³-hybridized carbons (Fsp3) is 0.500. The molecule has 2 aromatic heterocycles. The number of carbonyl (C=O) groups is 1. The summed E-state index contributed by atoms with van der Waals surface area (Å²) in [6, 6.07) is 1.92. The molecule has 8 nitrogen and oxygen atoms in total. The van der Waals surface area contributed by atoms with Gasteiger partial charge in [-0.15, -0.1) is 5.10 Å². The largest absolute Gasteiger partial charge is 0.396 e. The number of aliphatic hydroxyl groups is 1. The zero-order valence-corrected chi connectivity index (χ0v) is 11.5. The molecule has 108 valence electrons. The molecule has 2 N–H and O–H groups in total. The van der Waals surface area contributed by atoms with Crippen molar-refractivity contribution in [3.63, 3.8) is 0 Å². The van der Waals surface area contributed by atoms with Gasteiger partial charge in [-0.1, -0.05) is 5.21 Å². The summed E-state index contributed by atoms with van der Waals surface area (Å²) < 4.78 is 3.17. The Balaban J connectivity index is 1.96. The van der Waals surface area contributed by atoms with Gasteiger partial charge in [-0.25, -0.2) is 9.36 Å². The lowest BCUT2D eigenvalue weighted by molar-refractivity contribution is -0.117. The minimum Gasteiger partial charge on any atom is -0.396 e. The third kappa shape index (κ3) is 3.41. The van der Waals surface area contributed by atoms with Gasteiger partial charge < -0.3 is 10.4 Å². The summed E-state index contributed by atoms with van der Waals surface area (Å²) in [5.41, 5.74) is 0.660. The van der Waals surface area contributed by atoms with E-state index in [1.807, 2.05) is 13.8 Å². The Morgan fingerprint density at radius 3 is 3.00 bits per heavy atom. The van der Waals surface area contributed by atoms with Gasteiger partial charge in [0.1, 0.15) is 12.4 Å². The third-order valence-corrected chi connectivity index (χ3v) is 2.69. The lowest BCUT2D eigenvalue weighted by Crippen LogP contribution is -2.21. The van der Waals surface area contributed by atoms with Crippen LogP contribution in [0.25, 0.3) is 0 Å². The Labute approximate surface area is 116 Å². The van der Waals surface area contributed by atoms with Crippen LogP contribution in [0.3, 0.4) is 0 Å². The molecule has 0 atom stereocenters. The summed E-state index contributed by atoms with van der Waals surface area (Å²) in [6.45, 7) is 4.06. The van der Waals surface area contributed by atoms with Crippen LogP contribution in [0, 0.1) is 0 Å². The monoisotopic (exact) mass is 278 g/mol. The topological polar surface area (TPSA) is 97.9 Å². The number of anilines is 1. The van der Waals surface area contributed by atoms with Crippen LogP contribution in [0.1, 0.15) is 25.6 Å². The second-order valence-electron chi connectivity index (χ2n) is 4.68. The summed E-state index contributed by atoms with van der Waals surface area (Å²) in [4.78, 5) is 11.9. The van der Waals surface area contributed by atoms with Gasteiger partial charge >= 0.3 is 0 Å². The van der Waals surface area contributed by atoms with Gasteiger partial charge in [0, 0.05) is 31.3 Å². The molecule has 0 spiro atoms. The van der Waals surface area contributed by atoms with Crippen molar-refractivity contribution in [2.24, 2.45) is 0 Å². The Morgan fingerprint density at radius 2 is 2.30 bits per heavy atom.